The highest BCUT2D eigenvalue weighted by molar-refractivity contribution is 5.81. The van der Waals surface area contributed by atoms with Gasteiger partial charge in [0.15, 0.2) is 0 Å². The number of pyridine rings is 1. The lowest BCUT2D eigenvalue weighted by Crippen LogP contribution is -2.39. The second-order valence-electron chi connectivity index (χ2n) is 5.20. The van der Waals surface area contributed by atoms with Gasteiger partial charge in [0, 0.05) is 30.7 Å². The molecule has 0 saturated heterocycles. The van der Waals surface area contributed by atoms with E-state index in [-0.39, 0.29) is 11.9 Å². The predicted octanol–water partition coefficient (Wildman–Crippen LogP) is 2.93. The van der Waals surface area contributed by atoms with Gasteiger partial charge in [-0.3, -0.25) is 9.78 Å². The van der Waals surface area contributed by atoms with E-state index in [9.17, 15) is 4.79 Å². The summed E-state index contributed by atoms with van der Waals surface area (Å²) in [6.07, 6.45) is 3.54. The number of aromatic nitrogens is 1. The normalized spacial score (nSPS) is 10.4. The van der Waals surface area contributed by atoms with Crippen LogP contribution >= 0.6 is 0 Å². The van der Waals surface area contributed by atoms with E-state index >= 15 is 0 Å². The fourth-order valence-electron chi connectivity index (χ4n) is 2.08. The summed E-state index contributed by atoms with van der Waals surface area (Å²) in [6.45, 7) is 4.93. The van der Waals surface area contributed by atoms with Gasteiger partial charge < -0.3 is 10.2 Å². The maximum absolute atomic E-state index is 12.4. The molecule has 4 nitrogen and oxygen atoms in total. The van der Waals surface area contributed by atoms with Gasteiger partial charge in [-0.15, -0.1) is 0 Å². The number of rotatable bonds is 6. The van der Waals surface area contributed by atoms with Crippen molar-refractivity contribution in [2.45, 2.75) is 26.4 Å². The predicted molar refractivity (Wildman–Crippen MR) is 84.9 cm³/mol. The maximum atomic E-state index is 12.4. The molecule has 0 spiro atoms. The van der Waals surface area contributed by atoms with Crippen molar-refractivity contribution in [3.8, 4) is 0 Å². The van der Waals surface area contributed by atoms with Gasteiger partial charge in [-0.1, -0.05) is 24.3 Å². The molecule has 4 heteroatoms. The van der Waals surface area contributed by atoms with Crippen LogP contribution in [-0.4, -0.2) is 28.4 Å². The zero-order chi connectivity index (χ0) is 15.1. The lowest BCUT2D eigenvalue weighted by atomic mass is 10.2. The van der Waals surface area contributed by atoms with Crippen LogP contribution in [0, 0.1) is 0 Å². The maximum Gasteiger partial charge on any atom is 0.242 e. The SMILES string of the molecule is CC(C)N(Cc1cccnc1)C(=O)CNc1ccccc1. The third-order valence-corrected chi connectivity index (χ3v) is 3.24. The summed E-state index contributed by atoms with van der Waals surface area (Å²) in [6, 6.07) is 13.8. The number of amides is 1. The van der Waals surface area contributed by atoms with Gasteiger partial charge in [0.25, 0.3) is 0 Å². The van der Waals surface area contributed by atoms with Crippen molar-refractivity contribution in [2.75, 3.05) is 11.9 Å². The van der Waals surface area contributed by atoms with Crippen LogP contribution in [0.15, 0.2) is 54.9 Å². The van der Waals surface area contributed by atoms with Gasteiger partial charge in [-0.05, 0) is 37.6 Å². The van der Waals surface area contributed by atoms with Crippen molar-refractivity contribution in [3.63, 3.8) is 0 Å². The van der Waals surface area contributed by atoms with Crippen molar-refractivity contribution in [1.82, 2.24) is 9.88 Å². The number of carbonyl (C=O) groups excluding carboxylic acids is 1. The zero-order valence-electron chi connectivity index (χ0n) is 12.5. The van der Waals surface area contributed by atoms with E-state index in [0.29, 0.717) is 13.1 Å². The molecule has 0 unspecified atom stereocenters. The minimum atomic E-state index is 0.0812. The largest absolute Gasteiger partial charge is 0.376 e. The molecule has 1 heterocycles. The standard InChI is InChI=1S/C17H21N3O/c1-14(2)20(13-15-7-6-10-18-11-15)17(21)12-19-16-8-4-3-5-9-16/h3-11,14,19H,12-13H2,1-2H3. The molecule has 1 aromatic carbocycles. The van der Waals surface area contributed by atoms with E-state index in [1.54, 1.807) is 12.4 Å². The molecule has 0 radical (unpaired) electrons. The van der Waals surface area contributed by atoms with Crippen LogP contribution in [0.25, 0.3) is 0 Å². The molecule has 0 atom stereocenters. The molecular weight excluding hydrogens is 262 g/mol. The van der Waals surface area contributed by atoms with Gasteiger partial charge in [0.1, 0.15) is 0 Å². The smallest absolute Gasteiger partial charge is 0.242 e. The van der Waals surface area contributed by atoms with Crippen molar-refractivity contribution in [1.29, 1.82) is 0 Å². The molecule has 0 aliphatic heterocycles. The van der Waals surface area contributed by atoms with Crippen LogP contribution in [0.2, 0.25) is 0 Å². The van der Waals surface area contributed by atoms with Crippen LogP contribution in [0.4, 0.5) is 5.69 Å². The fourth-order valence-corrected chi connectivity index (χ4v) is 2.08. The number of hydrogen-bond acceptors (Lipinski definition) is 3. The lowest BCUT2D eigenvalue weighted by molar-refractivity contribution is -0.131. The summed E-state index contributed by atoms with van der Waals surface area (Å²) < 4.78 is 0. The second kappa shape index (κ2) is 7.43. The van der Waals surface area contributed by atoms with Crippen LogP contribution in [0.3, 0.4) is 0 Å². The van der Waals surface area contributed by atoms with E-state index < -0.39 is 0 Å². The zero-order valence-corrected chi connectivity index (χ0v) is 12.5. The first kappa shape index (κ1) is 15.0. The molecule has 1 aromatic heterocycles. The van der Waals surface area contributed by atoms with Crippen molar-refractivity contribution < 1.29 is 4.79 Å². The first-order valence-electron chi connectivity index (χ1n) is 7.14. The highest BCUT2D eigenvalue weighted by atomic mass is 16.2. The number of anilines is 1. The number of nitrogens with zero attached hydrogens (tertiary/aromatic N) is 2. The van der Waals surface area contributed by atoms with Crippen LogP contribution < -0.4 is 5.32 Å². The molecular formula is C17H21N3O. The van der Waals surface area contributed by atoms with E-state index in [1.165, 1.54) is 0 Å². The Morgan fingerprint density at radius 2 is 1.95 bits per heavy atom. The van der Waals surface area contributed by atoms with Crippen LogP contribution in [0.1, 0.15) is 19.4 Å². The summed E-state index contributed by atoms with van der Waals surface area (Å²) in [5.41, 5.74) is 2.00. The fraction of sp³-hybridized carbons (Fsp3) is 0.294. The quantitative estimate of drug-likeness (QED) is 0.886. The highest BCUT2D eigenvalue weighted by Gasteiger charge is 2.17. The van der Waals surface area contributed by atoms with Crippen LogP contribution in [0.5, 0.6) is 0 Å². The van der Waals surface area contributed by atoms with Crippen LogP contribution in [-0.2, 0) is 11.3 Å². The van der Waals surface area contributed by atoms with Crippen molar-refractivity contribution in [3.05, 3.63) is 60.4 Å². The molecule has 1 amide bonds. The number of carbonyl (C=O) groups is 1. The van der Waals surface area contributed by atoms with E-state index in [0.717, 1.165) is 11.3 Å². The third-order valence-electron chi connectivity index (χ3n) is 3.24. The monoisotopic (exact) mass is 283 g/mol. The van der Waals surface area contributed by atoms with Gasteiger partial charge >= 0.3 is 0 Å². The molecule has 2 rings (SSSR count). The molecule has 0 aliphatic carbocycles. The average molecular weight is 283 g/mol. The number of para-hydroxylation sites is 1. The Hall–Kier alpha value is -2.36. The molecule has 0 aliphatic rings. The molecule has 0 bridgehead atoms. The Morgan fingerprint density at radius 3 is 2.57 bits per heavy atom. The van der Waals surface area contributed by atoms with Gasteiger partial charge in [0.2, 0.25) is 5.91 Å². The Morgan fingerprint density at radius 1 is 1.19 bits per heavy atom. The topological polar surface area (TPSA) is 45.2 Å². The van der Waals surface area contributed by atoms with Gasteiger partial charge in [-0.25, -0.2) is 0 Å². The number of benzene rings is 1. The van der Waals surface area contributed by atoms with Gasteiger partial charge in [0.05, 0.1) is 6.54 Å². The highest BCUT2D eigenvalue weighted by Crippen LogP contribution is 2.09. The minimum absolute atomic E-state index is 0.0812. The Bertz CT molecular complexity index is 555. The first-order chi connectivity index (χ1) is 10.2. The summed E-state index contributed by atoms with van der Waals surface area (Å²) >= 11 is 0. The Balaban J connectivity index is 1.96. The van der Waals surface area contributed by atoms with E-state index in [1.807, 2.05) is 61.2 Å². The lowest BCUT2D eigenvalue weighted by Gasteiger charge is -2.27. The minimum Gasteiger partial charge on any atom is -0.376 e. The number of nitrogens with one attached hydrogen (secondary N) is 1. The summed E-state index contributed by atoms with van der Waals surface area (Å²) in [7, 11) is 0. The molecule has 21 heavy (non-hydrogen) atoms. The molecule has 110 valence electrons. The molecule has 1 N–H and O–H groups in total. The van der Waals surface area contributed by atoms with E-state index in [2.05, 4.69) is 10.3 Å². The molecule has 0 fully saturated rings. The number of hydrogen-bond donors (Lipinski definition) is 1. The Labute approximate surface area is 125 Å². The molecule has 2 aromatic rings. The van der Waals surface area contributed by atoms with Crippen molar-refractivity contribution in [2.24, 2.45) is 0 Å². The average Bonchev–Trinajstić information content (AvgIpc) is 2.52. The van der Waals surface area contributed by atoms with E-state index in [4.69, 9.17) is 0 Å². The molecule has 0 saturated carbocycles. The summed E-state index contributed by atoms with van der Waals surface area (Å²) in [5, 5.41) is 3.16. The first-order valence-corrected chi connectivity index (χ1v) is 7.14. The van der Waals surface area contributed by atoms with Crippen molar-refractivity contribution >= 4 is 11.6 Å². The Kier molecular flexibility index (Phi) is 5.32. The summed E-state index contributed by atoms with van der Waals surface area (Å²) in [4.78, 5) is 18.4. The third kappa shape index (κ3) is 4.60. The second-order valence-corrected chi connectivity index (χ2v) is 5.20. The summed E-state index contributed by atoms with van der Waals surface area (Å²) in [5.74, 6) is 0.0812. The van der Waals surface area contributed by atoms with Gasteiger partial charge in [-0.2, -0.15) is 0 Å².